The topological polar surface area (TPSA) is 99.2 Å². The first-order valence-electron chi connectivity index (χ1n) is 19.1. The quantitative estimate of drug-likeness (QED) is 0.165. The molecule has 5 heterocycles. The Labute approximate surface area is 348 Å². The minimum absolute atomic E-state index is 0.000175. The van der Waals surface area contributed by atoms with Gasteiger partial charge >= 0.3 is 0 Å². The van der Waals surface area contributed by atoms with Crippen molar-refractivity contribution in [2.24, 2.45) is 0 Å². The molecule has 302 valence electrons. The number of rotatable bonds is 6. The summed E-state index contributed by atoms with van der Waals surface area (Å²) >= 11 is 12.9. The van der Waals surface area contributed by atoms with E-state index >= 15 is 8.42 Å². The number of fused-ring (bicyclic) bond motifs is 3. The van der Waals surface area contributed by atoms with Crippen LogP contribution in [0.4, 0.5) is 5.69 Å². The lowest BCUT2D eigenvalue weighted by Crippen LogP contribution is -2.54. The Hall–Kier alpha value is -4.85. The molecule has 7 bridgehead atoms. The average Bonchev–Trinajstić information content (AvgIpc) is 3.21. The molecule has 0 N–H and O–H groups in total. The predicted octanol–water partition coefficient (Wildman–Crippen LogP) is 9.35. The molecule has 0 radical (unpaired) electrons. The third-order valence-electron chi connectivity index (χ3n) is 11.8. The number of hydrogen-bond donors (Lipinski definition) is 0. The highest BCUT2D eigenvalue weighted by molar-refractivity contribution is 7.92. The van der Waals surface area contributed by atoms with E-state index in [2.05, 4.69) is 36.2 Å². The van der Waals surface area contributed by atoms with Crippen LogP contribution in [0.15, 0.2) is 77.7 Å². The van der Waals surface area contributed by atoms with Crippen molar-refractivity contribution in [1.82, 2.24) is 9.91 Å². The van der Waals surface area contributed by atoms with Gasteiger partial charge in [0.25, 0.3) is 10.0 Å². The van der Waals surface area contributed by atoms with Gasteiger partial charge in [-0.05, 0) is 122 Å². The molecular formula is C44H43Cl2N3O8S. The zero-order chi connectivity index (χ0) is 40.5. The van der Waals surface area contributed by atoms with E-state index in [1.54, 1.807) is 27.4 Å². The van der Waals surface area contributed by atoms with E-state index in [4.69, 9.17) is 51.6 Å². The smallest absolute Gasteiger partial charge is 0.279 e. The fourth-order valence-electron chi connectivity index (χ4n) is 8.94. The lowest BCUT2D eigenvalue weighted by molar-refractivity contribution is 0.178. The van der Waals surface area contributed by atoms with Gasteiger partial charge in [0.15, 0.2) is 34.5 Å². The van der Waals surface area contributed by atoms with Crippen molar-refractivity contribution in [3.8, 4) is 46.0 Å². The van der Waals surface area contributed by atoms with Crippen molar-refractivity contribution in [1.29, 1.82) is 0 Å². The molecule has 5 aromatic rings. The number of anilines is 1. The summed E-state index contributed by atoms with van der Waals surface area (Å²) in [4.78, 5) is 2.30. The van der Waals surface area contributed by atoms with Crippen LogP contribution in [0.5, 0.6) is 46.0 Å². The largest absolute Gasteiger partial charge is 0.493 e. The Balaban J connectivity index is 1.32. The lowest BCUT2D eigenvalue weighted by atomic mass is 9.86. The number of likely N-dealkylation sites (N-methyl/N-ethyl adjacent to an activating group) is 1. The highest BCUT2D eigenvalue weighted by Crippen LogP contribution is 2.55. The van der Waals surface area contributed by atoms with Gasteiger partial charge in [0.05, 0.1) is 45.2 Å². The summed E-state index contributed by atoms with van der Waals surface area (Å²) in [5.41, 5.74) is 6.36. The van der Waals surface area contributed by atoms with Gasteiger partial charge in [0.1, 0.15) is 10.6 Å². The molecule has 5 aliphatic heterocycles. The van der Waals surface area contributed by atoms with E-state index in [1.807, 2.05) is 29.3 Å². The molecule has 0 amide bonds. The molecule has 14 heteroatoms. The van der Waals surface area contributed by atoms with Gasteiger partial charge in [-0.1, -0.05) is 35.3 Å². The predicted molar refractivity (Wildman–Crippen MR) is 223 cm³/mol. The van der Waals surface area contributed by atoms with E-state index in [9.17, 15) is 0 Å². The zero-order valence-corrected chi connectivity index (χ0v) is 35.1. The third-order valence-corrected chi connectivity index (χ3v) is 14.2. The maximum absolute atomic E-state index is 15.1. The summed E-state index contributed by atoms with van der Waals surface area (Å²) in [5.74, 6) is 3.82. The number of nitrogens with zero attached hydrogens (tertiary/aromatic N) is 3. The molecule has 0 unspecified atom stereocenters. The molecular weight excluding hydrogens is 801 g/mol. The second kappa shape index (κ2) is 15.1. The van der Waals surface area contributed by atoms with Crippen molar-refractivity contribution >= 4 is 38.9 Å². The SMILES string of the molecule is COc1cc2c3cc1Oc1ccc(cc1)CC[C@@H]1c4cc(c(OC)cc4CCN1C)Oc1c(OC)c(OC)cc4c1[C@H](C3)N(CC4)N2S(=O)(=O)c1ccc(Cl)cc1Cl. The van der Waals surface area contributed by atoms with Crippen molar-refractivity contribution in [2.45, 2.75) is 49.1 Å². The van der Waals surface area contributed by atoms with Crippen LogP contribution in [-0.2, 0) is 35.7 Å². The van der Waals surface area contributed by atoms with Crippen LogP contribution in [0.2, 0.25) is 10.0 Å². The molecule has 0 aliphatic carbocycles. The van der Waals surface area contributed by atoms with Gasteiger partial charge in [0.2, 0.25) is 5.75 Å². The van der Waals surface area contributed by atoms with Crippen LogP contribution in [-0.4, -0.2) is 66.9 Å². The van der Waals surface area contributed by atoms with Gasteiger partial charge in [-0.2, -0.15) is 17.8 Å². The molecule has 5 aliphatic rings. The number of methoxy groups -OCH3 is 4. The second-order valence-corrected chi connectivity index (χ2v) is 17.5. The first-order chi connectivity index (χ1) is 28.0. The van der Waals surface area contributed by atoms with E-state index in [-0.39, 0.29) is 16.0 Å². The Kier molecular flexibility index (Phi) is 10.0. The van der Waals surface area contributed by atoms with Crippen molar-refractivity contribution in [3.63, 3.8) is 0 Å². The maximum atomic E-state index is 15.1. The number of benzene rings is 5. The number of halogens is 2. The molecule has 0 saturated carbocycles. The van der Waals surface area contributed by atoms with Gasteiger partial charge < -0.3 is 28.4 Å². The molecule has 0 aromatic heterocycles. The normalized spacial score (nSPS) is 18.7. The Morgan fingerprint density at radius 1 is 0.707 bits per heavy atom. The molecule has 58 heavy (non-hydrogen) atoms. The van der Waals surface area contributed by atoms with Gasteiger partial charge in [0, 0.05) is 35.8 Å². The molecule has 0 saturated heterocycles. The highest BCUT2D eigenvalue weighted by atomic mass is 35.5. The van der Waals surface area contributed by atoms with Crippen LogP contribution < -0.4 is 32.8 Å². The summed E-state index contributed by atoms with van der Waals surface area (Å²) in [6, 6.07) is 21.7. The van der Waals surface area contributed by atoms with E-state index in [0.29, 0.717) is 81.7 Å². The number of hydrogen-bond acceptors (Lipinski definition) is 10. The van der Waals surface area contributed by atoms with E-state index in [1.165, 1.54) is 46.4 Å². The molecule has 0 fully saturated rings. The van der Waals surface area contributed by atoms with Crippen molar-refractivity contribution in [2.75, 3.05) is 53.0 Å². The summed E-state index contributed by atoms with van der Waals surface area (Å²) in [6.07, 6.45) is 3.43. The van der Waals surface area contributed by atoms with Gasteiger partial charge in [-0.15, -0.1) is 0 Å². The van der Waals surface area contributed by atoms with Crippen LogP contribution in [0.25, 0.3) is 0 Å². The van der Waals surface area contributed by atoms with Crippen LogP contribution in [0.1, 0.15) is 51.9 Å². The molecule has 10 rings (SSSR count). The number of hydrazine groups is 1. The first-order valence-corrected chi connectivity index (χ1v) is 21.3. The fourth-order valence-corrected chi connectivity index (χ4v) is 11.3. The lowest BCUT2D eigenvalue weighted by Gasteiger charge is -2.48. The average molecular weight is 845 g/mol. The van der Waals surface area contributed by atoms with Gasteiger partial charge in [-0.3, -0.25) is 4.90 Å². The Morgan fingerprint density at radius 2 is 1.41 bits per heavy atom. The molecule has 5 aromatic carbocycles. The number of ether oxygens (including phenoxy) is 6. The molecule has 11 nitrogen and oxygen atoms in total. The second-order valence-electron chi connectivity index (χ2n) is 14.9. The summed E-state index contributed by atoms with van der Waals surface area (Å²) < 4.78 is 69.2. The van der Waals surface area contributed by atoms with E-state index in [0.717, 1.165) is 36.9 Å². The third kappa shape index (κ3) is 6.46. The maximum Gasteiger partial charge on any atom is 0.279 e. The van der Waals surface area contributed by atoms with E-state index < -0.39 is 16.1 Å². The molecule has 0 spiro atoms. The van der Waals surface area contributed by atoms with Gasteiger partial charge in [-0.25, -0.2) is 0 Å². The minimum Gasteiger partial charge on any atom is -0.493 e. The van der Waals surface area contributed by atoms with Crippen LogP contribution in [0.3, 0.4) is 0 Å². The van der Waals surface area contributed by atoms with Crippen LogP contribution >= 0.6 is 23.2 Å². The number of aryl methyl sites for hydroxylation is 1. The monoisotopic (exact) mass is 843 g/mol. The van der Waals surface area contributed by atoms with Crippen molar-refractivity contribution in [3.05, 3.63) is 116 Å². The zero-order valence-electron chi connectivity index (χ0n) is 32.8. The molecule has 2 atom stereocenters. The minimum atomic E-state index is -4.37. The highest BCUT2D eigenvalue weighted by Gasteiger charge is 2.46. The van der Waals surface area contributed by atoms with Crippen molar-refractivity contribution < 1.29 is 36.8 Å². The number of sulfonamides is 1. The van der Waals surface area contributed by atoms with Crippen LogP contribution in [0, 0.1) is 0 Å². The Bertz CT molecular complexity index is 2550. The first kappa shape index (κ1) is 38.7. The fraction of sp³-hybridized carbons (Fsp3) is 0.318. The standard InChI is InChI=1S/C44H43Cl2N3O8S/c1-47-16-14-26-19-36(52-2)39-23-31(26)33(47)12-8-25-6-10-30(11-7-25)56-38-21-28-18-35-42-27(20-40(54-4)43(55-5)44(42)57-39)15-17-48(35)49(34(28)24-37(38)53-3)58(50,51)41-13-9-29(45)22-32(41)46/h6-7,9-11,13,19-24,33,35H,8,12,14-18H2,1-5H3/t33-,35+/m1/s1. The summed E-state index contributed by atoms with van der Waals surface area (Å²) in [6.45, 7) is 1.24. The summed E-state index contributed by atoms with van der Waals surface area (Å²) in [5, 5.41) is 2.18. The summed E-state index contributed by atoms with van der Waals surface area (Å²) in [7, 11) is 4.14. The Morgan fingerprint density at radius 3 is 2.14 bits per heavy atom.